The number of aromatic amines is 1. The number of nitrogens with zero attached hydrogens (tertiary/aromatic N) is 2. The Bertz CT molecular complexity index is 1430. The highest BCUT2D eigenvalue weighted by atomic mass is 16.7. The zero-order valence-corrected chi connectivity index (χ0v) is 19.0. The first kappa shape index (κ1) is 20.9. The fourth-order valence-corrected chi connectivity index (χ4v) is 4.98. The minimum Gasteiger partial charge on any atom is -0.448 e. The number of carbonyl (C=O) groups excluding carboxylic acids is 1. The second-order valence-electron chi connectivity index (χ2n) is 9.42. The predicted molar refractivity (Wildman–Crippen MR) is 126 cm³/mol. The molecule has 34 heavy (non-hydrogen) atoms. The van der Waals surface area contributed by atoms with Gasteiger partial charge in [-0.25, -0.2) is 9.78 Å². The molecule has 1 aromatic carbocycles. The van der Waals surface area contributed by atoms with E-state index in [-0.39, 0.29) is 22.5 Å². The van der Waals surface area contributed by atoms with Crippen LogP contribution in [0.4, 0.5) is 5.69 Å². The molecule has 1 aliphatic heterocycles. The summed E-state index contributed by atoms with van der Waals surface area (Å²) >= 11 is 0. The molecule has 3 aliphatic rings. The van der Waals surface area contributed by atoms with Gasteiger partial charge in [0.1, 0.15) is 0 Å². The summed E-state index contributed by atoms with van der Waals surface area (Å²) in [7, 11) is 0. The van der Waals surface area contributed by atoms with Gasteiger partial charge < -0.3 is 14.8 Å². The molecule has 2 aliphatic carbocycles. The van der Waals surface area contributed by atoms with Crippen LogP contribution in [0.2, 0.25) is 0 Å². The number of hydrogen-bond acceptors (Lipinski definition) is 6. The zero-order chi connectivity index (χ0) is 23.4. The first-order valence-electron chi connectivity index (χ1n) is 12.0. The van der Waals surface area contributed by atoms with Crippen LogP contribution in [0.15, 0.2) is 33.9 Å². The molecule has 0 unspecified atom stereocenters. The van der Waals surface area contributed by atoms with Crippen LogP contribution in [-0.2, 0) is 6.54 Å². The predicted octanol–water partition coefficient (Wildman–Crippen LogP) is 3.67. The van der Waals surface area contributed by atoms with Crippen LogP contribution in [0.3, 0.4) is 0 Å². The monoisotopic (exact) mass is 462 g/mol. The molecule has 9 nitrogen and oxygen atoms in total. The maximum Gasteiger partial charge on any atom is 0.329 e. The molecule has 0 atom stereocenters. The molecule has 2 aromatic heterocycles. The molecule has 2 saturated carbocycles. The molecule has 0 saturated heterocycles. The van der Waals surface area contributed by atoms with Crippen LogP contribution in [0.5, 0.6) is 11.5 Å². The van der Waals surface area contributed by atoms with E-state index in [1.807, 2.05) is 6.92 Å². The Labute approximate surface area is 195 Å². The smallest absolute Gasteiger partial charge is 0.329 e. The Morgan fingerprint density at radius 2 is 1.94 bits per heavy atom. The van der Waals surface area contributed by atoms with Gasteiger partial charge in [-0.15, -0.1) is 0 Å². The second-order valence-corrected chi connectivity index (χ2v) is 9.42. The lowest BCUT2D eigenvalue weighted by molar-refractivity contribution is -0.0716. The van der Waals surface area contributed by atoms with Gasteiger partial charge in [-0.05, 0) is 50.3 Å². The third kappa shape index (κ3) is 3.46. The van der Waals surface area contributed by atoms with E-state index in [2.05, 4.69) is 15.3 Å². The van der Waals surface area contributed by atoms with Crippen molar-refractivity contribution in [3.8, 4) is 11.5 Å². The van der Waals surface area contributed by atoms with E-state index < -0.39 is 22.9 Å². The number of fused-ring (bicyclic) bond motifs is 2. The highest BCUT2D eigenvalue weighted by molar-refractivity contribution is 6.12. The Hall–Kier alpha value is -3.62. The number of ether oxygens (including phenoxy) is 2. The van der Waals surface area contributed by atoms with Gasteiger partial charge in [-0.3, -0.25) is 19.1 Å². The summed E-state index contributed by atoms with van der Waals surface area (Å²) in [6, 6.07) is 7.00. The lowest BCUT2D eigenvalue weighted by Crippen LogP contribution is -2.34. The average molecular weight is 463 g/mol. The number of rotatable bonds is 5. The molecule has 6 rings (SSSR count). The number of amides is 1. The summed E-state index contributed by atoms with van der Waals surface area (Å²) in [5.41, 5.74) is 0.630. The summed E-state index contributed by atoms with van der Waals surface area (Å²) in [5.74, 6) is 0.504. The lowest BCUT2D eigenvalue weighted by atomic mass is 10.1. The van der Waals surface area contributed by atoms with Crippen molar-refractivity contribution in [1.29, 1.82) is 0 Å². The van der Waals surface area contributed by atoms with Gasteiger partial charge >= 0.3 is 5.69 Å². The van der Waals surface area contributed by atoms with E-state index in [9.17, 15) is 14.4 Å². The number of hydrogen-bond donors (Lipinski definition) is 2. The quantitative estimate of drug-likeness (QED) is 0.598. The minimum absolute atomic E-state index is 0.126. The van der Waals surface area contributed by atoms with E-state index in [1.165, 1.54) is 4.57 Å². The SMILES string of the molecule is CCCn1c(=O)[nH]c(=O)c2c(C(=O)Nc3ccc4c(c3)OC3(CCCC3)O4)cc(C3CC3)nc21. The molecule has 1 spiro atoms. The van der Waals surface area contributed by atoms with Crippen molar-refractivity contribution in [2.75, 3.05) is 5.32 Å². The fourth-order valence-electron chi connectivity index (χ4n) is 4.98. The van der Waals surface area contributed by atoms with Crippen molar-refractivity contribution < 1.29 is 14.3 Å². The fraction of sp³-hybridized carbons (Fsp3) is 0.440. The molecule has 3 heterocycles. The third-order valence-corrected chi connectivity index (χ3v) is 6.81. The van der Waals surface area contributed by atoms with Crippen LogP contribution in [0.1, 0.15) is 73.8 Å². The van der Waals surface area contributed by atoms with E-state index in [0.717, 1.165) is 44.2 Å². The van der Waals surface area contributed by atoms with Gasteiger partial charge in [-0.1, -0.05) is 6.92 Å². The highest BCUT2D eigenvalue weighted by Crippen LogP contribution is 2.47. The number of pyridine rings is 1. The molecule has 0 bridgehead atoms. The number of benzene rings is 1. The van der Waals surface area contributed by atoms with Gasteiger partial charge in [0, 0.05) is 42.8 Å². The van der Waals surface area contributed by atoms with Crippen LogP contribution in [-0.4, -0.2) is 26.2 Å². The van der Waals surface area contributed by atoms with Crippen LogP contribution in [0.25, 0.3) is 11.0 Å². The molecule has 2 fully saturated rings. The molecule has 1 amide bonds. The zero-order valence-electron chi connectivity index (χ0n) is 19.0. The second kappa shape index (κ2) is 7.72. The van der Waals surface area contributed by atoms with Gasteiger partial charge in [0.15, 0.2) is 17.1 Å². The van der Waals surface area contributed by atoms with Gasteiger partial charge in [0.05, 0.1) is 10.9 Å². The third-order valence-electron chi connectivity index (χ3n) is 6.81. The van der Waals surface area contributed by atoms with Crippen LogP contribution < -0.4 is 26.0 Å². The van der Waals surface area contributed by atoms with E-state index in [4.69, 9.17) is 9.47 Å². The first-order chi connectivity index (χ1) is 16.5. The summed E-state index contributed by atoms with van der Waals surface area (Å²) < 4.78 is 13.6. The molecule has 0 radical (unpaired) electrons. The molecule has 9 heteroatoms. The summed E-state index contributed by atoms with van der Waals surface area (Å²) in [5, 5.41) is 3.02. The normalized spacial score (nSPS) is 18.0. The maximum atomic E-state index is 13.4. The van der Waals surface area contributed by atoms with Crippen LogP contribution >= 0.6 is 0 Å². The van der Waals surface area contributed by atoms with E-state index in [0.29, 0.717) is 30.2 Å². The number of nitrogens with one attached hydrogen (secondary N) is 2. The number of anilines is 1. The van der Waals surface area contributed by atoms with E-state index >= 15 is 0 Å². The number of aromatic nitrogens is 3. The Balaban J connectivity index is 1.39. The van der Waals surface area contributed by atoms with E-state index in [1.54, 1.807) is 24.3 Å². The summed E-state index contributed by atoms with van der Waals surface area (Å²) in [6.45, 7) is 2.34. The molecular weight excluding hydrogens is 436 g/mol. The van der Waals surface area contributed by atoms with Gasteiger partial charge in [-0.2, -0.15) is 0 Å². The Morgan fingerprint density at radius 3 is 2.68 bits per heavy atom. The number of aryl methyl sites for hydroxylation is 1. The molecule has 2 N–H and O–H groups in total. The standard InChI is InChI=1S/C25H26N4O5/c1-2-11-29-21-20(23(31)28-24(29)32)16(13-17(27-21)14-5-6-14)22(30)26-15-7-8-18-19(12-15)34-25(33-18)9-3-4-10-25/h7-8,12-14H,2-6,9-11H2,1H3,(H,26,30)(H,28,31,32). The van der Waals surface area contributed by atoms with Crippen LogP contribution in [0, 0.1) is 0 Å². The first-order valence-corrected chi connectivity index (χ1v) is 12.0. The van der Waals surface area contributed by atoms with Crippen molar-refractivity contribution in [2.45, 2.75) is 70.1 Å². The topological polar surface area (TPSA) is 115 Å². The minimum atomic E-state index is -0.610. The van der Waals surface area contributed by atoms with Crippen molar-refractivity contribution in [3.05, 3.63) is 56.4 Å². The Kier molecular flexibility index (Phi) is 4.75. The Morgan fingerprint density at radius 1 is 1.18 bits per heavy atom. The van der Waals surface area contributed by atoms with Gasteiger partial charge in [0.2, 0.25) is 0 Å². The van der Waals surface area contributed by atoms with Crippen molar-refractivity contribution >= 4 is 22.6 Å². The van der Waals surface area contributed by atoms with Crippen molar-refractivity contribution in [3.63, 3.8) is 0 Å². The van der Waals surface area contributed by atoms with Crippen molar-refractivity contribution in [2.24, 2.45) is 0 Å². The van der Waals surface area contributed by atoms with Crippen molar-refractivity contribution in [1.82, 2.24) is 14.5 Å². The molecule has 176 valence electrons. The van der Waals surface area contributed by atoms with Gasteiger partial charge in [0.25, 0.3) is 17.3 Å². The highest BCUT2D eigenvalue weighted by Gasteiger charge is 2.44. The maximum absolute atomic E-state index is 13.4. The molecule has 3 aromatic rings. The largest absolute Gasteiger partial charge is 0.448 e. The summed E-state index contributed by atoms with van der Waals surface area (Å²) in [6.07, 6.45) is 6.46. The number of carbonyl (C=O) groups is 1. The number of H-pyrrole nitrogens is 1. The average Bonchev–Trinajstić information content (AvgIpc) is 3.48. The summed E-state index contributed by atoms with van der Waals surface area (Å²) in [4.78, 5) is 45.7. The lowest BCUT2D eigenvalue weighted by Gasteiger charge is -2.21. The molecular formula is C25H26N4O5.